The quantitative estimate of drug-likeness (QED) is 0.616. The van der Waals surface area contributed by atoms with Gasteiger partial charge in [0.1, 0.15) is 11.6 Å². The molecule has 2 nitrogen and oxygen atoms in total. The fourth-order valence-corrected chi connectivity index (χ4v) is 1.37. The van der Waals surface area contributed by atoms with E-state index in [1.54, 1.807) is 0 Å². The lowest BCUT2D eigenvalue weighted by Crippen LogP contribution is -2.07. The molecule has 0 saturated carbocycles. The van der Waals surface area contributed by atoms with Gasteiger partial charge in [-0.05, 0) is 40.5 Å². The highest BCUT2D eigenvalue weighted by atomic mass is 79.9. The summed E-state index contributed by atoms with van der Waals surface area (Å²) < 4.78 is 18.1. The molecule has 4 heteroatoms. The van der Waals surface area contributed by atoms with E-state index in [9.17, 15) is 9.18 Å². The molecule has 0 aliphatic heterocycles. The molecule has 0 spiro atoms. The molecule has 0 aliphatic carbocycles. The van der Waals surface area contributed by atoms with Crippen LogP contribution < -0.4 is 4.74 Å². The summed E-state index contributed by atoms with van der Waals surface area (Å²) in [5.74, 6) is -0.322. The van der Waals surface area contributed by atoms with Crippen LogP contribution in [-0.2, 0) is 4.79 Å². The van der Waals surface area contributed by atoms with Crippen LogP contribution in [-0.4, -0.2) is 5.97 Å². The monoisotopic (exact) mass is 260 g/mol. The Hall–Kier alpha value is -0.900. The number of hydrogen-bond acceptors (Lipinski definition) is 2. The summed E-state index contributed by atoms with van der Waals surface area (Å²) in [6.45, 7) is 1.89. The van der Waals surface area contributed by atoms with Gasteiger partial charge in [-0.25, -0.2) is 4.39 Å². The van der Waals surface area contributed by atoms with Crippen molar-refractivity contribution in [1.82, 2.24) is 0 Å². The molecule has 0 aromatic heterocycles. The van der Waals surface area contributed by atoms with Gasteiger partial charge in [0.25, 0.3) is 0 Å². The number of rotatable bonds is 3. The Labute approximate surface area is 90.2 Å². The Morgan fingerprint density at radius 2 is 2.29 bits per heavy atom. The summed E-state index contributed by atoms with van der Waals surface area (Å²) in [6, 6.07) is 3.93. The van der Waals surface area contributed by atoms with Gasteiger partial charge >= 0.3 is 5.97 Å². The number of carbonyl (C=O) groups excluding carboxylic acids is 1. The molecule has 0 unspecified atom stereocenters. The van der Waals surface area contributed by atoms with Gasteiger partial charge in [-0.2, -0.15) is 0 Å². The zero-order chi connectivity index (χ0) is 10.6. The second-order valence-corrected chi connectivity index (χ2v) is 3.65. The van der Waals surface area contributed by atoms with Crippen molar-refractivity contribution in [3.8, 4) is 5.75 Å². The average Bonchev–Trinajstić information content (AvgIpc) is 2.10. The predicted octanol–water partition coefficient (Wildman–Crippen LogP) is 3.29. The minimum absolute atomic E-state index is 0.306. The van der Waals surface area contributed by atoms with E-state index in [0.29, 0.717) is 16.6 Å². The van der Waals surface area contributed by atoms with Crippen LogP contribution in [0.5, 0.6) is 5.75 Å². The molecule has 0 radical (unpaired) electrons. The molecular formula is C10H10BrFO2. The van der Waals surface area contributed by atoms with Crippen molar-refractivity contribution in [2.75, 3.05) is 0 Å². The van der Waals surface area contributed by atoms with Crippen LogP contribution in [0.25, 0.3) is 0 Å². The number of carbonyl (C=O) groups is 1. The molecule has 76 valence electrons. The first-order valence-corrected chi connectivity index (χ1v) is 5.08. The number of halogens is 2. The maximum Gasteiger partial charge on any atom is 0.311 e. The molecule has 0 saturated heterocycles. The average molecular weight is 261 g/mol. The maximum atomic E-state index is 12.7. The molecule has 0 aliphatic rings. The van der Waals surface area contributed by atoms with Crippen molar-refractivity contribution in [2.24, 2.45) is 0 Å². The highest BCUT2D eigenvalue weighted by Gasteiger charge is 2.07. The summed E-state index contributed by atoms with van der Waals surface area (Å²) in [4.78, 5) is 11.1. The van der Waals surface area contributed by atoms with Crippen molar-refractivity contribution in [3.63, 3.8) is 0 Å². The Morgan fingerprint density at radius 3 is 2.86 bits per heavy atom. The fourth-order valence-electron chi connectivity index (χ4n) is 0.936. The van der Waals surface area contributed by atoms with Gasteiger partial charge in [-0.15, -0.1) is 0 Å². The van der Waals surface area contributed by atoms with E-state index in [4.69, 9.17) is 4.74 Å². The molecule has 1 aromatic carbocycles. The molecular weight excluding hydrogens is 251 g/mol. The molecule has 0 heterocycles. The van der Waals surface area contributed by atoms with Crippen molar-refractivity contribution in [2.45, 2.75) is 19.8 Å². The lowest BCUT2D eigenvalue weighted by molar-refractivity contribution is -0.134. The smallest absolute Gasteiger partial charge is 0.311 e. The molecule has 14 heavy (non-hydrogen) atoms. The van der Waals surface area contributed by atoms with Crippen LogP contribution in [0.2, 0.25) is 0 Å². The minimum Gasteiger partial charge on any atom is -0.425 e. The van der Waals surface area contributed by atoms with Gasteiger partial charge in [0, 0.05) is 6.42 Å². The SMILES string of the molecule is CCCC(=O)Oc1ccc(F)cc1Br. The summed E-state index contributed by atoms with van der Waals surface area (Å²) >= 11 is 3.11. The summed E-state index contributed by atoms with van der Waals surface area (Å²) in [5, 5.41) is 0. The highest BCUT2D eigenvalue weighted by molar-refractivity contribution is 9.10. The van der Waals surface area contributed by atoms with Crippen LogP contribution in [0.15, 0.2) is 22.7 Å². The molecule has 0 bridgehead atoms. The first-order chi connectivity index (χ1) is 6.63. The van der Waals surface area contributed by atoms with E-state index in [0.717, 1.165) is 6.42 Å². The number of benzene rings is 1. The van der Waals surface area contributed by atoms with Crippen molar-refractivity contribution in [1.29, 1.82) is 0 Å². The zero-order valence-electron chi connectivity index (χ0n) is 7.72. The molecule has 0 N–H and O–H groups in total. The number of ether oxygens (including phenoxy) is 1. The van der Waals surface area contributed by atoms with Crippen molar-refractivity contribution in [3.05, 3.63) is 28.5 Å². The second kappa shape index (κ2) is 5.10. The Morgan fingerprint density at radius 1 is 1.57 bits per heavy atom. The van der Waals surface area contributed by atoms with E-state index >= 15 is 0 Å². The van der Waals surface area contributed by atoms with Crippen molar-refractivity contribution >= 4 is 21.9 Å². The summed E-state index contributed by atoms with van der Waals surface area (Å²) in [7, 11) is 0. The van der Waals surface area contributed by atoms with E-state index in [1.807, 2.05) is 6.92 Å². The Bertz CT molecular complexity index is 339. The number of esters is 1. The molecule has 1 rings (SSSR count). The standard InChI is InChI=1S/C10H10BrFO2/c1-2-3-10(13)14-9-5-4-7(12)6-8(9)11/h4-6H,2-3H2,1H3. The zero-order valence-corrected chi connectivity index (χ0v) is 9.30. The van der Waals surface area contributed by atoms with Gasteiger partial charge in [0.05, 0.1) is 4.47 Å². The van der Waals surface area contributed by atoms with E-state index in [2.05, 4.69) is 15.9 Å². The van der Waals surface area contributed by atoms with Crippen LogP contribution >= 0.6 is 15.9 Å². The van der Waals surface area contributed by atoms with Gasteiger partial charge in [-0.3, -0.25) is 4.79 Å². The fraction of sp³-hybridized carbons (Fsp3) is 0.300. The second-order valence-electron chi connectivity index (χ2n) is 2.80. The topological polar surface area (TPSA) is 26.3 Å². The lowest BCUT2D eigenvalue weighted by atomic mass is 10.3. The third kappa shape index (κ3) is 3.10. The van der Waals surface area contributed by atoms with Crippen molar-refractivity contribution < 1.29 is 13.9 Å². The van der Waals surface area contributed by atoms with Crippen LogP contribution in [0.1, 0.15) is 19.8 Å². The Kier molecular flexibility index (Phi) is 4.07. The normalized spacial score (nSPS) is 9.93. The lowest BCUT2D eigenvalue weighted by Gasteiger charge is -2.05. The van der Waals surface area contributed by atoms with Crippen LogP contribution in [0.4, 0.5) is 4.39 Å². The largest absolute Gasteiger partial charge is 0.425 e. The van der Waals surface area contributed by atoms with Gasteiger partial charge in [0.15, 0.2) is 0 Å². The van der Waals surface area contributed by atoms with Gasteiger partial charge < -0.3 is 4.74 Å². The van der Waals surface area contributed by atoms with Crippen LogP contribution in [0.3, 0.4) is 0 Å². The third-order valence-corrected chi connectivity index (χ3v) is 2.19. The summed E-state index contributed by atoms with van der Waals surface area (Å²) in [5.41, 5.74) is 0. The first-order valence-electron chi connectivity index (χ1n) is 4.29. The molecule has 1 aromatic rings. The Balaban J connectivity index is 2.72. The van der Waals surface area contributed by atoms with E-state index in [-0.39, 0.29) is 11.8 Å². The molecule has 0 amide bonds. The predicted molar refractivity (Wildman–Crippen MR) is 54.6 cm³/mol. The van der Waals surface area contributed by atoms with E-state index in [1.165, 1.54) is 18.2 Å². The highest BCUT2D eigenvalue weighted by Crippen LogP contribution is 2.25. The van der Waals surface area contributed by atoms with Gasteiger partial charge in [0.2, 0.25) is 0 Å². The number of hydrogen-bond donors (Lipinski definition) is 0. The molecule has 0 atom stereocenters. The molecule has 0 fully saturated rings. The van der Waals surface area contributed by atoms with Gasteiger partial charge in [-0.1, -0.05) is 6.92 Å². The third-order valence-electron chi connectivity index (χ3n) is 1.57. The van der Waals surface area contributed by atoms with Crippen LogP contribution in [0, 0.1) is 5.82 Å². The minimum atomic E-state index is -0.368. The summed E-state index contributed by atoms with van der Waals surface area (Å²) in [6.07, 6.45) is 1.10. The maximum absolute atomic E-state index is 12.7. The first kappa shape index (κ1) is 11.2. The van der Waals surface area contributed by atoms with E-state index < -0.39 is 0 Å².